The molecule has 0 saturated carbocycles. The van der Waals surface area contributed by atoms with Gasteiger partial charge in [-0.2, -0.15) is 5.10 Å². The Bertz CT molecular complexity index is 1390. The molecule has 1 aromatic carbocycles. The van der Waals surface area contributed by atoms with Crippen LogP contribution in [0, 0.1) is 6.92 Å². The Balaban J connectivity index is 1.39. The van der Waals surface area contributed by atoms with Crippen LogP contribution in [0.3, 0.4) is 0 Å². The van der Waals surface area contributed by atoms with Crippen LogP contribution in [0.4, 0.5) is 5.00 Å². The first-order valence-electron chi connectivity index (χ1n) is 11.5. The summed E-state index contributed by atoms with van der Waals surface area (Å²) in [7, 11) is 0. The van der Waals surface area contributed by atoms with E-state index in [-0.39, 0.29) is 17.4 Å². The number of aryl methyl sites for hydroxylation is 2. The van der Waals surface area contributed by atoms with Gasteiger partial charge in [0.25, 0.3) is 11.8 Å². The van der Waals surface area contributed by atoms with E-state index in [1.807, 2.05) is 18.2 Å². The molecule has 0 spiro atoms. The number of nitrogens with one attached hydrogen (secondary N) is 3. The van der Waals surface area contributed by atoms with Crippen molar-refractivity contribution in [3.05, 3.63) is 81.6 Å². The zero-order valence-electron chi connectivity index (χ0n) is 19.2. The number of anilines is 1. The minimum Gasteiger partial charge on any atom is -0.507 e. The van der Waals surface area contributed by atoms with E-state index in [4.69, 9.17) is 0 Å². The van der Waals surface area contributed by atoms with Gasteiger partial charge in [0.15, 0.2) is 0 Å². The van der Waals surface area contributed by atoms with E-state index in [1.54, 1.807) is 37.5 Å². The number of pyridine rings is 1. The number of carbonyl (C=O) groups excluding carboxylic acids is 2. The molecule has 0 saturated heterocycles. The lowest BCUT2D eigenvalue weighted by Crippen LogP contribution is -2.25. The van der Waals surface area contributed by atoms with Crippen molar-refractivity contribution in [3.63, 3.8) is 0 Å². The van der Waals surface area contributed by atoms with Crippen LogP contribution in [0.2, 0.25) is 0 Å². The third-order valence-corrected chi connectivity index (χ3v) is 7.34. The Morgan fingerprint density at radius 3 is 2.83 bits per heavy atom. The molecule has 2 amide bonds. The summed E-state index contributed by atoms with van der Waals surface area (Å²) in [6.07, 6.45) is 7.21. The van der Waals surface area contributed by atoms with Crippen molar-refractivity contribution in [2.24, 2.45) is 0 Å². The average Bonchev–Trinajstić information content (AvgIpc) is 3.50. The zero-order valence-corrected chi connectivity index (χ0v) is 20.0. The van der Waals surface area contributed by atoms with Gasteiger partial charge in [-0.3, -0.25) is 19.7 Å². The van der Waals surface area contributed by atoms with Crippen molar-refractivity contribution in [1.82, 2.24) is 20.5 Å². The number of fused-ring (bicyclic) bond motifs is 1. The molecule has 3 aromatic heterocycles. The maximum absolute atomic E-state index is 13.2. The highest BCUT2D eigenvalue weighted by Gasteiger charge is 2.27. The number of H-pyrrole nitrogens is 1. The highest BCUT2D eigenvalue weighted by Crippen LogP contribution is 2.38. The summed E-state index contributed by atoms with van der Waals surface area (Å²) in [6, 6.07) is 10.7. The number of aromatic nitrogens is 3. The number of phenolic OH excluding ortho intramolecular Hbond substituents is 1. The third kappa shape index (κ3) is 4.67. The Kier molecular flexibility index (Phi) is 6.33. The van der Waals surface area contributed by atoms with Crippen LogP contribution in [0.15, 0.2) is 48.8 Å². The number of benzene rings is 1. The number of aromatic hydroxyl groups is 1. The summed E-state index contributed by atoms with van der Waals surface area (Å²) in [4.78, 5) is 31.6. The summed E-state index contributed by atoms with van der Waals surface area (Å²) in [5.41, 5.74) is 4.45. The van der Waals surface area contributed by atoms with Gasteiger partial charge < -0.3 is 15.7 Å². The number of nitrogens with zero attached hydrogens (tertiary/aromatic N) is 2. The SMILES string of the molecule is Cc1cccc(-c2cc(C(=O)Nc3sc4c(c3C(=O)NCc3cccnc3)CCCC4)[nH]n2)c1O. The van der Waals surface area contributed by atoms with Crippen molar-refractivity contribution in [3.8, 4) is 17.0 Å². The number of carbonyl (C=O) groups is 2. The molecule has 1 aliphatic carbocycles. The van der Waals surface area contributed by atoms with Crippen LogP contribution in [-0.2, 0) is 19.4 Å². The number of rotatable bonds is 6. The van der Waals surface area contributed by atoms with Crippen LogP contribution in [0.1, 0.15) is 55.3 Å². The zero-order chi connectivity index (χ0) is 24.4. The van der Waals surface area contributed by atoms with Gasteiger partial charge in [0.1, 0.15) is 16.4 Å². The summed E-state index contributed by atoms with van der Waals surface area (Å²) < 4.78 is 0. The molecule has 4 N–H and O–H groups in total. The van der Waals surface area contributed by atoms with Gasteiger partial charge in [-0.25, -0.2) is 0 Å². The topological polar surface area (TPSA) is 120 Å². The first-order valence-corrected chi connectivity index (χ1v) is 12.3. The minimum absolute atomic E-state index is 0.129. The second kappa shape index (κ2) is 9.71. The maximum Gasteiger partial charge on any atom is 0.274 e. The fourth-order valence-corrected chi connectivity index (χ4v) is 5.56. The number of hydrogen-bond donors (Lipinski definition) is 4. The van der Waals surface area contributed by atoms with Gasteiger partial charge in [0.2, 0.25) is 0 Å². The fourth-order valence-electron chi connectivity index (χ4n) is 4.28. The Morgan fingerprint density at radius 2 is 2.00 bits per heavy atom. The first kappa shape index (κ1) is 22.8. The highest BCUT2D eigenvalue weighted by atomic mass is 32.1. The number of aromatic amines is 1. The van der Waals surface area contributed by atoms with Crippen molar-refractivity contribution in [1.29, 1.82) is 0 Å². The molecular formula is C26H25N5O3S. The second-order valence-corrected chi connectivity index (χ2v) is 9.66. The molecule has 0 radical (unpaired) electrons. The number of thiophene rings is 1. The molecule has 4 aromatic rings. The summed E-state index contributed by atoms with van der Waals surface area (Å²) in [5.74, 6) is -0.473. The van der Waals surface area contributed by atoms with Crippen LogP contribution in [0.5, 0.6) is 5.75 Å². The van der Waals surface area contributed by atoms with Crippen LogP contribution in [0.25, 0.3) is 11.3 Å². The molecule has 35 heavy (non-hydrogen) atoms. The standard InChI is InChI=1S/C26H25N5O3S/c1-15-6-4-9-17(23(15)32)19-12-20(31-30-19)24(33)29-26-22(18-8-2-3-10-21(18)35-26)25(34)28-14-16-7-5-11-27-13-16/h4-7,9,11-13,32H,2-3,8,10,14H2,1H3,(H,28,34)(H,29,33)(H,30,31). The largest absolute Gasteiger partial charge is 0.507 e. The van der Waals surface area contributed by atoms with Crippen molar-refractivity contribution in [2.45, 2.75) is 39.2 Å². The molecule has 1 aliphatic rings. The smallest absolute Gasteiger partial charge is 0.274 e. The van der Waals surface area contributed by atoms with Crippen molar-refractivity contribution < 1.29 is 14.7 Å². The van der Waals surface area contributed by atoms with Gasteiger partial charge in [0, 0.05) is 29.4 Å². The number of phenols is 1. The lowest BCUT2D eigenvalue weighted by atomic mass is 9.95. The Labute approximate surface area is 206 Å². The fraction of sp³-hybridized carbons (Fsp3) is 0.231. The van der Waals surface area contributed by atoms with Gasteiger partial charge in [0.05, 0.1) is 11.3 Å². The molecule has 9 heteroatoms. The van der Waals surface area contributed by atoms with Gasteiger partial charge in [-0.05, 0) is 67.5 Å². The molecular weight excluding hydrogens is 462 g/mol. The second-order valence-electron chi connectivity index (χ2n) is 8.55. The molecule has 3 heterocycles. The quantitative estimate of drug-likeness (QED) is 0.317. The predicted octanol–water partition coefficient (Wildman–Crippen LogP) is 4.61. The maximum atomic E-state index is 13.2. The molecule has 0 atom stereocenters. The lowest BCUT2D eigenvalue weighted by molar-refractivity contribution is 0.0951. The van der Waals surface area contributed by atoms with Gasteiger partial charge >= 0.3 is 0 Å². The molecule has 0 fully saturated rings. The van der Waals surface area contributed by atoms with E-state index in [9.17, 15) is 14.7 Å². The molecule has 178 valence electrons. The first-order chi connectivity index (χ1) is 17.0. The normalized spacial score (nSPS) is 12.7. The number of para-hydroxylation sites is 1. The molecule has 0 bridgehead atoms. The highest BCUT2D eigenvalue weighted by molar-refractivity contribution is 7.17. The third-order valence-electron chi connectivity index (χ3n) is 6.14. The van der Waals surface area contributed by atoms with Gasteiger partial charge in [-0.15, -0.1) is 11.3 Å². The minimum atomic E-state index is -0.393. The van der Waals surface area contributed by atoms with Gasteiger partial charge in [-0.1, -0.05) is 18.2 Å². The van der Waals surface area contributed by atoms with E-state index in [2.05, 4.69) is 25.8 Å². The number of amides is 2. The Morgan fingerprint density at radius 1 is 1.14 bits per heavy atom. The summed E-state index contributed by atoms with van der Waals surface area (Å²) in [5, 5.41) is 23.8. The van der Waals surface area contributed by atoms with Crippen molar-refractivity contribution >= 4 is 28.2 Å². The van der Waals surface area contributed by atoms with E-state index in [0.717, 1.165) is 47.3 Å². The predicted molar refractivity (Wildman–Crippen MR) is 135 cm³/mol. The molecule has 8 nitrogen and oxygen atoms in total. The van der Waals surface area contributed by atoms with E-state index >= 15 is 0 Å². The van der Waals surface area contributed by atoms with Crippen LogP contribution < -0.4 is 10.6 Å². The number of hydrogen-bond acceptors (Lipinski definition) is 6. The summed E-state index contributed by atoms with van der Waals surface area (Å²) >= 11 is 1.46. The monoisotopic (exact) mass is 487 g/mol. The van der Waals surface area contributed by atoms with E-state index in [1.165, 1.54) is 11.3 Å². The molecule has 0 unspecified atom stereocenters. The Hall–Kier alpha value is -3.98. The average molecular weight is 488 g/mol. The van der Waals surface area contributed by atoms with Crippen LogP contribution in [-0.4, -0.2) is 32.1 Å². The van der Waals surface area contributed by atoms with Crippen molar-refractivity contribution in [2.75, 3.05) is 5.32 Å². The lowest BCUT2D eigenvalue weighted by Gasteiger charge is -2.13. The van der Waals surface area contributed by atoms with Crippen LogP contribution >= 0.6 is 11.3 Å². The summed E-state index contributed by atoms with van der Waals surface area (Å²) in [6.45, 7) is 2.16. The van der Waals surface area contributed by atoms with E-state index < -0.39 is 5.91 Å². The molecule has 0 aliphatic heterocycles. The van der Waals surface area contributed by atoms with E-state index in [0.29, 0.717) is 28.4 Å². The molecule has 5 rings (SSSR count).